The Morgan fingerprint density at radius 3 is 2.15 bits per heavy atom. The Bertz CT molecular complexity index is 1030. The molecule has 0 fully saturated rings. The minimum absolute atomic E-state index is 0.0161. The summed E-state index contributed by atoms with van der Waals surface area (Å²) < 4.78 is 59.0. The van der Waals surface area contributed by atoms with E-state index in [0.717, 1.165) is 9.87 Å². The molecule has 9 heteroatoms. The van der Waals surface area contributed by atoms with Crippen LogP contribution in [0.4, 0.5) is 5.69 Å². The van der Waals surface area contributed by atoms with Gasteiger partial charge in [0.05, 0.1) is 17.7 Å². The van der Waals surface area contributed by atoms with Crippen molar-refractivity contribution in [2.24, 2.45) is 0 Å². The second-order valence-corrected chi connectivity index (χ2v) is 9.80. The fourth-order valence-electron chi connectivity index (χ4n) is 2.34. The molecule has 2 aromatic carbocycles. The first-order valence-electron chi connectivity index (χ1n) is 7.69. The summed E-state index contributed by atoms with van der Waals surface area (Å²) in [5.74, 6) is 0.205. The number of nitrogens with zero attached hydrogens (tertiary/aromatic N) is 1. The molecule has 0 spiro atoms. The van der Waals surface area contributed by atoms with Gasteiger partial charge in [-0.05, 0) is 49.2 Å². The number of sulfonamides is 2. The number of aryl methyl sites for hydroxylation is 2. The number of hydrogen-bond donors (Lipinski definition) is 1. The Balaban J connectivity index is 2.51. The Kier molecular flexibility index (Phi) is 5.64. The number of ether oxygens (including phenoxy) is 1. The van der Waals surface area contributed by atoms with E-state index in [0.29, 0.717) is 5.56 Å². The van der Waals surface area contributed by atoms with E-state index in [1.54, 1.807) is 32.0 Å². The molecule has 0 saturated heterocycles. The Labute approximate surface area is 154 Å². The number of nitrogens with one attached hydrogen (secondary N) is 1. The van der Waals surface area contributed by atoms with Crippen LogP contribution in [0.1, 0.15) is 11.1 Å². The summed E-state index contributed by atoms with van der Waals surface area (Å²) in [6.45, 7) is 3.42. The molecule has 0 atom stereocenters. The van der Waals surface area contributed by atoms with Gasteiger partial charge in [0, 0.05) is 14.1 Å². The first-order chi connectivity index (χ1) is 12.0. The van der Waals surface area contributed by atoms with E-state index in [-0.39, 0.29) is 21.2 Å². The Morgan fingerprint density at radius 1 is 0.923 bits per heavy atom. The van der Waals surface area contributed by atoms with Gasteiger partial charge in [-0.3, -0.25) is 4.72 Å². The highest BCUT2D eigenvalue weighted by atomic mass is 32.2. The molecule has 0 radical (unpaired) electrons. The Hall–Kier alpha value is -2.10. The van der Waals surface area contributed by atoms with Crippen molar-refractivity contribution >= 4 is 25.7 Å². The monoisotopic (exact) mass is 398 g/mol. The summed E-state index contributed by atoms with van der Waals surface area (Å²) in [5.41, 5.74) is 1.43. The summed E-state index contributed by atoms with van der Waals surface area (Å²) in [6, 6.07) is 9.19. The van der Waals surface area contributed by atoms with Crippen LogP contribution in [0.2, 0.25) is 0 Å². The lowest BCUT2D eigenvalue weighted by Gasteiger charge is -2.16. The highest BCUT2D eigenvalue weighted by Gasteiger charge is 2.23. The zero-order valence-electron chi connectivity index (χ0n) is 15.3. The molecule has 2 rings (SSSR count). The van der Waals surface area contributed by atoms with Crippen LogP contribution < -0.4 is 9.46 Å². The summed E-state index contributed by atoms with van der Waals surface area (Å²) in [7, 11) is -3.43. The van der Waals surface area contributed by atoms with Gasteiger partial charge in [-0.15, -0.1) is 0 Å². The first-order valence-corrected chi connectivity index (χ1v) is 10.6. The molecule has 1 N–H and O–H groups in total. The van der Waals surface area contributed by atoms with Crippen molar-refractivity contribution in [2.75, 3.05) is 25.9 Å². The van der Waals surface area contributed by atoms with Crippen molar-refractivity contribution < 1.29 is 21.6 Å². The van der Waals surface area contributed by atoms with Crippen LogP contribution in [0.3, 0.4) is 0 Å². The second kappa shape index (κ2) is 7.26. The van der Waals surface area contributed by atoms with Crippen molar-refractivity contribution in [2.45, 2.75) is 23.6 Å². The smallest absolute Gasteiger partial charge is 0.265 e. The van der Waals surface area contributed by atoms with E-state index in [4.69, 9.17) is 4.74 Å². The molecule has 142 valence electrons. The zero-order valence-corrected chi connectivity index (χ0v) is 16.9. The van der Waals surface area contributed by atoms with Crippen molar-refractivity contribution in [1.29, 1.82) is 0 Å². The van der Waals surface area contributed by atoms with Gasteiger partial charge >= 0.3 is 0 Å². The van der Waals surface area contributed by atoms with Crippen LogP contribution in [-0.2, 0) is 20.0 Å². The van der Waals surface area contributed by atoms with Gasteiger partial charge in [0.15, 0.2) is 0 Å². The van der Waals surface area contributed by atoms with Gasteiger partial charge in [0.1, 0.15) is 10.6 Å². The standard InChI is InChI=1S/C17H22N2O5S2/c1-12-6-9-15(24-5)17(10-12)25(20,21)18-14-8-7-13(2)16(11-14)26(22,23)19(3)4/h6-11,18H,1-5H3. The average Bonchev–Trinajstić information content (AvgIpc) is 2.56. The third-order valence-electron chi connectivity index (χ3n) is 3.81. The summed E-state index contributed by atoms with van der Waals surface area (Å²) in [6.07, 6.45) is 0. The number of hydrogen-bond acceptors (Lipinski definition) is 5. The molecule has 2 aromatic rings. The summed E-state index contributed by atoms with van der Waals surface area (Å²) in [5, 5.41) is 0. The first kappa shape index (κ1) is 20.2. The van der Waals surface area contributed by atoms with Crippen molar-refractivity contribution in [3.8, 4) is 5.75 Å². The summed E-state index contributed by atoms with van der Waals surface area (Å²) >= 11 is 0. The van der Waals surface area contributed by atoms with E-state index < -0.39 is 20.0 Å². The molecular weight excluding hydrogens is 376 g/mol. The van der Waals surface area contributed by atoms with Crippen LogP contribution in [-0.4, -0.2) is 42.3 Å². The molecule has 0 aromatic heterocycles. The molecule has 0 aliphatic heterocycles. The zero-order chi connectivity index (χ0) is 19.7. The van der Waals surface area contributed by atoms with Crippen LogP contribution in [0.15, 0.2) is 46.2 Å². The number of methoxy groups -OCH3 is 1. The predicted octanol–water partition coefficient (Wildman–Crippen LogP) is 2.36. The van der Waals surface area contributed by atoms with E-state index in [1.807, 2.05) is 0 Å². The SMILES string of the molecule is COc1ccc(C)cc1S(=O)(=O)Nc1ccc(C)c(S(=O)(=O)N(C)C)c1. The summed E-state index contributed by atoms with van der Waals surface area (Å²) in [4.78, 5) is 0.0245. The molecule has 0 saturated carbocycles. The highest BCUT2D eigenvalue weighted by molar-refractivity contribution is 7.92. The fourth-order valence-corrected chi connectivity index (χ4v) is 4.79. The van der Waals surface area contributed by atoms with E-state index in [2.05, 4.69) is 4.72 Å². The molecule has 0 bridgehead atoms. The Morgan fingerprint density at radius 2 is 1.58 bits per heavy atom. The lowest BCUT2D eigenvalue weighted by molar-refractivity contribution is 0.402. The quantitative estimate of drug-likeness (QED) is 0.806. The van der Waals surface area contributed by atoms with Crippen molar-refractivity contribution in [1.82, 2.24) is 4.31 Å². The van der Waals surface area contributed by atoms with Gasteiger partial charge < -0.3 is 4.74 Å². The largest absolute Gasteiger partial charge is 0.495 e. The van der Waals surface area contributed by atoms with Gasteiger partial charge in [0.25, 0.3) is 10.0 Å². The van der Waals surface area contributed by atoms with E-state index in [9.17, 15) is 16.8 Å². The third-order valence-corrected chi connectivity index (χ3v) is 7.17. The third kappa shape index (κ3) is 4.00. The number of benzene rings is 2. The molecule has 0 heterocycles. The average molecular weight is 399 g/mol. The van der Waals surface area contributed by atoms with E-state index in [1.165, 1.54) is 39.4 Å². The van der Waals surface area contributed by atoms with Crippen LogP contribution in [0.25, 0.3) is 0 Å². The van der Waals surface area contributed by atoms with Gasteiger partial charge in [0.2, 0.25) is 10.0 Å². The molecule has 0 aliphatic carbocycles. The molecule has 26 heavy (non-hydrogen) atoms. The number of rotatable bonds is 6. The minimum Gasteiger partial charge on any atom is -0.495 e. The maximum atomic E-state index is 12.8. The molecular formula is C17H22N2O5S2. The van der Waals surface area contributed by atoms with Gasteiger partial charge in [-0.25, -0.2) is 21.1 Å². The predicted molar refractivity (Wildman–Crippen MR) is 101 cm³/mol. The highest BCUT2D eigenvalue weighted by Crippen LogP contribution is 2.28. The second-order valence-electron chi connectivity index (χ2n) is 6.03. The van der Waals surface area contributed by atoms with Gasteiger partial charge in [-0.2, -0.15) is 0 Å². The molecule has 0 aliphatic rings. The molecule has 7 nitrogen and oxygen atoms in total. The van der Waals surface area contributed by atoms with Crippen LogP contribution in [0.5, 0.6) is 5.75 Å². The van der Waals surface area contributed by atoms with E-state index >= 15 is 0 Å². The van der Waals surface area contributed by atoms with Crippen molar-refractivity contribution in [3.05, 3.63) is 47.5 Å². The lowest BCUT2D eigenvalue weighted by atomic mass is 10.2. The van der Waals surface area contributed by atoms with Crippen LogP contribution in [0, 0.1) is 13.8 Å². The maximum Gasteiger partial charge on any atom is 0.265 e. The molecule has 0 unspecified atom stereocenters. The maximum absolute atomic E-state index is 12.8. The van der Waals surface area contributed by atoms with Crippen LogP contribution >= 0.6 is 0 Å². The lowest BCUT2D eigenvalue weighted by Crippen LogP contribution is -2.23. The molecule has 0 amide bonds. The minimum atomic E-state index is -3.96. The fraction of sp³-hybridized carbons (Fsp3) is 0.294. The van der Waals surface area contributed by atoms with Gasteiger partial charge in [-0.1, -0.05) is 12.1 Å². The number of anilines is 1. The van der Waals surface area contributed by atoms with Crippen molar-refractivity contribution in [3.63, 3.8) is 0 Å². The topological polar surface area (TPSA) is 92.8 Å². The normalized spacial score (nSPS) is 12.2.